The van der Waals surface area contributed by atoms with E-state index in [0.717, 1.165) is 25.2 Å². The van der Waals surface area contributed by atoms with Crippen molar-refractivity contribution in [1.29, 1.82) is 0 Å². The van der Waals surface area contributed by atoms with Crippen LogP contribution in [-0.2, 0) is 10.0 Å². The number of anilines is 1. The summed E-state index contributed by atoms with van der Waals surface area (Å²) in [7, 11) is -1.60. The second-order valence-electron chi connectivity index (χ2n) is 5.87. The van der Waals surface area contributed by atoms with E-state index in [9.17, 15) is 8.42 Å². The van der Waals surface area contributed by atoms with Crippen LogP contribution in [0.1, 0.15) is 20.3 Å². The van der Waals surface area contributed by atoms with Crippen LogP contribution < -0.4 is 10.0 Å². The summed E-state index contributed by atoms with van der Waals surface area (Å²) in [5.41, 5.74) is 0.900. The molecular formula is C15H25N3O2S. The number of nitrogens with zero attached hydrogens (tertiary/aromatic N) is 1. The monoisotopic (exact) mass is 311 g/mol. The summed E-state index contributed by atoms with van der Waals surface area (Å²) in [5.74, 6) is 0.402. The third-order valence-electron chi connectivity index (χ3n) is 4.06. The highest BCUT2D eigenvalue weighted by Gasteiger charge is 2.25. The molecule has 1 aromatic carbocycles. The van der Waals surface area contributed by atoms with Crippen LogP contribution in [0.4, 0.5) is 5.69 Å². The van der Waals surface area contributed by atoms with Gasteiger partial charge in [-0.1, -0.05) is 0 Å². The Morgan fingerprint density at radius 3 is 2.48 bits per heavy atom. The second kappa shape index (κ2) is 6.77. The molecule has 0 bridgehead atoms. The predicted octanol–water partition coefficient (Wildman–Crippen LogP) is 1.74. The molecule has 0 amide bonds. The van der Waals surface area contributed by atoms with Gasteiger partial charge in [-0.15, -0.1) is 0 Å². The maximum atomic E-state index is 12.3. The highest BCUT2D eigenvalue weighted by atomic mass is 32.2. The predicted molar refractivity (Wildman–Crippen MR) is 86.0 cm³/mol. The maximum absolute atomic E-state index is 12.3. The summed E-state index contributed by atoms with van der Waals surface area (Å²) in [6.07, 6.45) is 1.05. The summed E-state index contributed by atoms with van der Waals surface area (Å²) in [6.45, 7) is 6.89. The van der Waals surface area contributed by atoms with Crippen molar-refractivity contribution in [3.63, 3.8) is 0 Å². The first-order valence-electron chi connectivity index (χ1n) is 7.44. The Labute approximate surface area is 127 Å². The van der Waals surface area contributed by atoms with Gasteiger partial charge in [0.1, 0.15) is 0 Å². The lowest BCUT2D eigenvalue weighted by Gasteiger charge is -2.20. The highest BCUT2D eigenvalue weighted by Crippen LogP contribution is 2.19. The zero-order valence-electron chi connectivity index (χ0n) is 13.0. The van der Waals surface area contributed by atoms with Gasteiger partial charge < -0.3 is 10.2 Å². The van der Waals surface area contributed by atoms with Gasteiger partial charge in [0.2, 0.25) is 10.0 Å². The number of hydrogen-bond donors (Lipinski definition) is 2. The minimum Gasteiger partial charge on any atom is -0.388 e. The fourth-order valence-corrected chi connectivity index (χ4v) is 3.73. The van der Waals surface area contributed by atoms with Gasteiger partial charge in [-0.2, -0.15) is 0 Å². The fourth-order valence-electron chi connectivity index (χ4n) is 2.61. The minimum absolute atomic E-state index is 0.320. The molecule has 0 aromatic heterocycles. The van der Waals surface area contributed by atoms with Crippen molar-refractivity contribution in [2.45, 2.75) is 31.2 Å². The van der Waals surface area contributed by atoms with Crippen molar-refractivity contribution in [3.8, 4) is 0 Å². The number of hydrogen-bond acceptors (Lipinski definition) is 4. The van der Waals surface area contributed by atoms with Crippen LogP contribution in [0.2, 0.25) is 0 Å². The van der Waals surface area contributed by atoms with E-state index in [1.54, 1.807) is 24.3 Å². The van der Waals surface area contributed by atoms with Gasteiger partial charge >= 0.3 is 0 Å². The summed E-state index contributed by atoms with van der Waals surface area (Å²) in [5, 5.41) is 2.98. The van der Waals surface area contributed by atoms with E-state index in [1.165, 1.54) is 0 Å². The third kappa shape index (κ3) is 4.18. The summed E-state index contributed by atoms with van der Waals surface area (Å²) < 4.78 is 27.3. The Hall–Kier alpha value is -1.11. The first kappa shape index (κ1) is 16.3. The average molecular weight is 311 g/mol. The molecule has 0 spiro atoms. The number of sulfonamides is 1. The number of likely N-dealkylation sites (tertiary alicyclic amines) is 1. The van der Waals surface area contributed by atoms with Gasteiger partial charge in [0.05, 0.1) is 4.90 Å². The molecule has 1 saturated heterocycles. The molecular weight excluding hydrogens is 286 g/mol. The molecule has 6 heteroatoms. The van der Waals surface area contributed by atoms with E-state index in [1.807, 2.05) is 7.05 Å². The molecule has 0 saturated carbocycles. The maximum Gasteiger partial charge on any atom is 0.240 e. The first-order valence-corrected chi connectivity index (χ1v) is 8.92. The van der Waals surface area contributed by atoms with Gasteiger partial charge in [0, 0.05) is 31.9 Å². The molecule has 1 heterocycles. The molecule has 2 rings (SSSR count). The zero-order valence-corrected chi connectivity index (χ0v) is 13.8. The Kier molecular flexibility index (Phi) is 5.24. The molecule has 0 aliphatic carbocycles. The summed E-state index contributed by atoms with van der Waals surface area (Å²) >= 11 is 0. The molecule has 1 unspecified atom stereocenters. The lowest BCUT2D eigenvalue weighted by molar-refractivity contribution is 0.265. The summed E-state index contributed by atoms with van der Waals surface area (Å²) in [6, 6.07) is 7.32. The molecule has 21 heavy (non-hydrogen) atoms. The van der Waals surface area contributed by atoms with Crippen LogP contribution in [0, 0.1) is 5.92 Å². The number of benzene rings is 1. The van der Waals surface area contributed by atoms with Crippen LogP contribution in [0.5, 0.6) is 0 Å². The topological polar surface area (TPSA) is 61.4 Å². The van der Waals surface area contributed by atoms with Gasteiger partial charge in [-0.3, -0.25) is 0 Å². The van der Waals surface area contributed by atoms with E-state index in [-0.39, 0.29) is 0 Å². The van der Waals surface area contributed by atoms with Crippen LogP contribution in [0.15, 0.2) is 29.2 Å². The van der Waals surface area contributed by atoms with Crippen LogP contribution in [0.25, 0.3) is 0 Å². The van der Waals surface area contributed by atoms with Crippen molar-refractivity contribution >= 4 is 15.7 Å². The first-order chi connectivity index (χ1) is 9.92. The van der Waals surface area contributed by atoms with Crippen molar-refractivity contribution in [2.24, 2.45) is 5.92 Å². The Balaban J connectivity index is 1.92. The molecule has 0 radical (unpaired) electrons. The second-order valence-corrected chi connectivity index (χ2v) is 7.64. The molecule has 1 atom stereocenters. The molecule has 1 aliphatic rings. The van der Waals surface area contributed by atoms with E-state index in [4.69, 9.17) is 0 Å². The van der Waals surface area contributed by atoms with E-state index in [0.29, 0.717) is 23.4 Å². The van der Waals surface area contributed by atoms with E-state index in [2.05, 4.69) is 28.8 Å². The van der Waals surface area contributed by atoms with E-state index < -0.39 is 10.0 Å². The lowest BCUT2D eigenvalue weighted by atomic mass is 10.1. The third-order valence-corrected chi connectivity index (χ3v) is 5.50. The Bertz CT molecular complexity index is 555. The lowest BCUT2D eigenvalue weighted by Crippen LogP contribution is -2.33. The van der Waals surface area contributed by atoms with Crippen LogP contribution in [-0.4, -0.2) is 46.0 Å². The van der Waals surface area contributed by atoms with Gasteiger partial charge in [0.15, 0.2) is 0 Å². The number of rotatable bonds is 6. The van der Waals surface area contributed by atoms with Crippen molar-refractivity contribution in [1.82, 2.24) is 9.62 Å². The standard InChI is InChI=1S/C15H25N3O2S/c1-12(2)18-9-8-13(11-18)10-17-21(19,20)15-6-4-14(16-3)5-7-15/h4-7,12-13,16-17H,8-11H2,1-3H3. The average Bonchev–Trinajstić information content (AvgIpc) is 2.94. The van der Waals surface area contributed by atoms with Crippen molar-refractivity contribution in [3.05, 3.63) is 24.3 Å². The minimum atomic E-state index is -3.41. The fraction of sp³-hybridized carbons (Fsp3) is 0.600. The number of nitrogens with one attached hydrogen (secondary N) is 2. The van der Waals surface area contributed by atoms with Crippen LogP contribution in [0.3, 0.4) is 0 Å². The zero-order chi connectivity index (χ0) is 15.5. The molecule has 1 aromatic rings. The highest BCUT2D eigenvalue weighted by molar-refractivity contribution is 7.89. The summed E-state index contributed by atoms with van der Waals surface area (Å²) in [4.78, 5) is 2.71. The van der Waals surface area contributed by atoms with Crippen molar-refractivity contribution < 1.29 is 8.42 Å². The molecule has 5 nitrogen and oxygen atoms in total. The quantitative estimate of drug-likeness (QED) is 0.840. The van der Waals surface area contributed by atoms with Gasteiger partial charge in [-0.25, -0.2) is 13.1 Å². The largest absolute Gasteiger partial charge is 0.388 e. The van der Waals surface area contributed by atoms with Gasteiger partial charge in [0.25, 0.3) is 0 Å². The van der Waals surface area contributed by atoms with E-state index >= 15 is 0 Å². The Morgan fingerprint density at radius 1 is 1.29 bits per heavy atom. The normalized spacial score (nSPS) is 20.1. The Morgan fingerprint density at radius 2 is 1.95 bits per heavy atom. The molecule has 118 valence electrons. The molecule has 1 fully saturated rings. The smallest absolute Gasteiger partial charge is 0.240 e. The van der Waals surface area contributed by atoms with Crippen molar-refractivity contribution in [2.75, 3.05) is 32.0 Å². The molecule has 1 aliphatic heterocycles. The van der Waals surface area contributed by atoms with Crippen LogP contribution >= 0.6 is 0 Å². The SMILES string of the molecule is CNc1ccc(S(=O)(=O)NCC2CCN(C(C)C)C2)cc1. The van der Waals surface area contributed by atoms with Gasteiger partial charge in [-0.05, 0) is 57.0 Å². The molecule has 2 N–H and O–H groups in total.